The van der Waals surface area contributed by atoms with Gasteiger partial charge in [-0.2, -0.15) is 0 Å². The number of para-hydroxylation sites is 1. The molecule has 2 aromatic carbocycles. The van der Waals surface area contributed by atoms with Gasteiger partial charge < -0.3 is 9.72 Å². The summed E-state index contributed by atoms with van der Waals surface area (Å²) in [5.41, 5.74) is 3.74. The second-order valence-electron chi connectivity index (χ2n) is 4.09. The highest BCUT2D eigenvalue weighted by Gasteiger charge is 1.99. The Morgan fingerprint density at radius 3 is 2.67 bits per heavy atom. The molecule has 0 aliphatic rings. The molecule has 0 radical (unpaired) electrons. The molecule has 0 aliphatic heterocycles. The van der Waals surface area contributed by atoms with Gasteiger partial charge in [0.05, 0.1) is 24.5 Å². The maximum Gasteiger partial charge on any atom is 0.120 e. The quantitative estimate of drug-likeness (QED) is 0.692. The number of imidazole rings is 1. The van der Waals surface area contributed by atoms with Crippen molar-refractivity contribution >= 4 is 35.8 Å². The molecule has 0 saturated carbocycles. The molecule has 0 spiro atoms. The van der Waals surface area contributed by atoms with Crippen molar-refractivity contribution in [2.75, 3.05) is 7.11 Å². The maximum atomic E-state index is 5.18. The number of aromatic amines is 1. The molecular weight excluding hydrogens is 307 g/mol. The van der Waals surface area contributed by atoms with Gasteiger partial charge in [0.2, 0.25) is 0 Å². The Bertz CT molecular complexity index is 787. The Balaban J connectivity index is 0.00000110. The Morgan fingerprint density at radius 1 is 1.05 bits per heavy atom. The summed E-state index contributed by atoms with van der Waals surface area (Å²) in [7, 11) is 1.65. The van der Waals surface area contributed by atoms with Gasteiger partial charge in [-0.15, -0.1) is 24.8 Å². The standard InChI is InChI=1S/C16H12N2O.2ClH/c1-19-14-6-2-4-12(10-14)8-9-13-5-3-7-15-16(13)18-11-17-15;;/h2-7,10-11H,1H3,(H,17,18);2*1H. The third-order valence-electron chi connectivity index (χ3n) is 2.86. The average molecular weight is 321 g/mol. The Kier molecular flexibility index (Phi) is 6.10. The number of ether oxygens (including phenoxy) is 1. The summed E-state index contributed by atoms with van der Waals surface area (Å²) in [4.78, 5) is 7.36. The van der Waals surface area contributed by atoms with Crippen molar-refractivity contribution in [1.82, 2.24) is 9.97 Å². The molecule has 0 saturated heterocycles. The predicted molar refractivity (Wildman–Crippen MR) is 89.6 cm³/mol. The minimum Gasteiger partial charge on any atom is -0.497 e. The molecule has 21 heavy (non-hydrogen) atoms. The van der Waals surface area contributed by atoms with E-state index >= 15 is 0 Å². The first-order valence-electron chi connectivity index (χ1n) is 5.95. The lowest BCUT2D eigenvalue weighted by molar-refractivity contribution is 0.414. The normalized spacial score (nSPS) is 9.00. The van der Waals surface area contributed by atoms with E-state index in [0.717, 1.165) is 27.9 Å². The van der Waals surface area contributed by atoms with E-state index in [1.165, 1.54) is 0 Å². The van der Waals surface area contributed by atoms with Gasteiger partial charge in [-0.25, -0.2) is 4.98 Å². The molecule has 0 aliphatic carbocycles. The number of hydrogen-bond donors (Lipinski definition) is 1. The lowest BCUT2D eigenvalue weighted by Gasteiger charge is -1.98. The van der Waals surface area contributed by atoms with Gasteiger partial charge in [-0.05, 0) is 30.3 Å². The number of hydrogen-bond acceptors (Lipinski definition) is 2. The number of nitrogens with one attached hydrogen (secondary N) is 1. The largest absolute Gasteiger partial charge is 0.497 e. The van der Waals surface area contributed by atoms with Crippen LogP contribution in [0.5, 0.6) is 5.75 Å². The number of nitrogens with zero attached hydrogens (tertiary/aromatic N) is 1. The van der Waals surface area contributed by atoms with Gasteiger partial charge in [0.25, 0.3) is 0 Å². The fraction of sp³-hybridized carbons (Fsp3) is 0.0625. The van der Waals surface area contributed by atoms with E-state index in [1.807, 2.05) is 42.5 Å². The number of methoxy groups -OCH3 is 1. The number of fused-ring (bicyclic) bond motifs is 1. The Morgan fingerprint density at radius 2 is 1.86 bits per heavy atom. The molecule has 1 heterocycles. The second-order valence-corrected chi connectivity index (χ2v) is 4.09. The molecule has 0 amide bonds. The monoisotopic (exact) mass is 320 g/mol. The summed E-state index contributed by atoms with van der Waals surface area (Å²) < 4.78 is 5.18. The highest BCUT2D eigenvalue weighted by atomic mass is 35.5. The molecule has 0 bridgehead atoms. The van der Waals surface area contributed by atoms with Crippen LogP contribution in [-0.2, 0) is 0 Å². The van der Waals surface area contributed by atoms with Gasteiger partial charge in [-0.1, -0.05) is 24.0 Å². The van der Waals surface area contributed by atoms with Crippen LogP contribution in [0.15, 0.2) is 48.8 Å². The van der Waals surface area contributed by atoms with E-state index in [0.29, 0.717) is 0 Å². The number of rotatable bonds is 1. The molecule has 3 rings (SSSR count). The van der Waals surface area contributed by atoms with E-state index in [4.69, 9.17) is 4.74 Å². The van der Waals surface area contributed by atoms with Crippen LogP contribution in [0, 0.1) is 11.8 Å². The van der Waals surface area contributed by atoms with Crippen molar-refractivity contribution in [3.05, 3.63) is 59.9 Å². The van der Waals surface area contributed by atoms with Gasteiger partial charge >= 0.3 is 0 Å². The van der Waals surface area contributed by atoms with Crippen LogP contribution in [0.1, 0.15) is 11.1 Å². The first kappa shape index (κ1) is 16.9. The molecule has 5 heteroatoms. The lowest BCUT2D eigenvalue weighted by Crippen LogP contribution is -1.83. The molecule has 1 aromatic heterocycles. The fourth-order valence-corrected chi connectivity index (χ4v) is 1.91. The van der Waals surface area contributed by atoms with Gasteiger partial charge in [-0.3, -0.25) is 0 Å². The predicted octanol–water partition coefficient (Wildman–Crippen LogP) is 3.81. The van der Waals surface area contributed by atoms with E-state index in [9.17, 15) is 0 Å². The van der Waals surface area contributed by atoms with Crippen molar-refractivity contribution in [2.45, 2.75) is 0 Å². The van der Waals surface area contributed by atoms with E-state index in [1.54, 1.807) is 13.4 Å². The van der Waals surface area contributed by atoms with Gasteiger partial charge in [0.1, 0.15) is 11.3 Å². The SMILES string of the molecule is COc1cccc(C#Cc2cccc3[nH]cnc23)c1.Cl.Cl. The maximum absolute atomic E-state index is 5.18. The van der Waals surface area contributed by atoms with Crippen molar-refractivity contribution in [3.8, 4) is 17.6 Å². The topological polar surface area (TPSA) is 37.9 Å². The highest BCUT2D eigenvalue weighted by molar-refractivity contribution is 5.85. The van der Waals surface area contributed by atoms with Gasteiger partial charge in [0.15, 0.2) is 0 Å². The average Bonchev–Trinajstić information content (AvgIpc) is 2.94. The van der Waals surface area contributed by atoms with E-state index in [2.05, 4.69) is 21.8 Å². The summed E-state index contributed by atoms with van der Waals surface area (Å²) in [6.45, 7) is 0. The van der Waals surface area contributed by atoms with Crippen molar-refractivity contribution < 1.29 is 4.74 Å². The van der Waals surface area contributed by atoms with Crippen LogP contribution >= 0.6 is 24.8 Å². The van der Waals surface area contributed by atoms with Crippen molar-refractivity contribution in [3.63, 3.8) is 0 Å². The summed E-state index contributed by atoms with van der Waals surface area (Å²) in [6.07, 6.45) is 1.68. The van der Waals surface area contributed by atoms with Crippen LogP contribution in [0.25, 0.3) is 11.0 Å². The molecule has 0 fully saturated rings. The molecule has 3 aromatic rings. The van der Waals surface area contributed by atoms with E-state index < -0.39 is 0 Å². The first-order chi connectivity index (χ1) is 9.36. The molecule has 108 valence electrons. The fourth-order valence-electron chi connectivity index (χ4n) is 1.91. The lowest BCUT2D eigenvalue weighted by atomic mass is 10.1. The summed E-state index contributed by atoms with van der Waals surface area (Å²) in [5, 5.41) is 0. The third kappa shape index (κ3) is 3.69. The summed E-state index contributed by atoms with van der Waals surface area (Å²) in [6, 6.07) is 13.6. The summed E-state index contributed by atoms with van der Waals surface area (Å²) >= 11 is 0. The summed E-state index contributed by atoms with van der Waals surface area (Å²) in [5.74, 6) is 7.10. The van der Waals surface area contributed by atoms with Crippen LogP contribution < -0.4 is 4.74 Å². The Hall–Kier alpha value is -2.15. The number of aromatic nitrogens is 2. The zero-order chi connectivity index (χ0) is 13.1. The van der Waals surface area contributed by atoms with Crippen molar-refractivity contribution in [2.24, 2.45) is 0 Å². The molecule has 1 N–H and O–H groups in total. The molecule has 3 nitrogen and oxygen atoms in total. The van der Waals surface area contributed by atoms with Crippen LogP contribution in [-0.4, -0.2) is 17.1 Å². The zero-order valence-corrected chi connectivity index (χ0v) is 12.9. The van der Waals surface area contributed by atoms with E-state index in [-0.39, 0.29) is 24.8 Å². The molecule has 0 atom stereocenters. The minimum absolute atomic E-state index is 0. The minimum atomic E-state index is 0. The Labute approximate surface area is 135 Å². The number of halogens is 2. The number of benzene rings is 2. The van der Waals surface area contributed by atoms with Crippen molar-refractivity contribution in [1.29, 1.82) is 0 Å². The first-order valence-corrected chi connectivity index (χ1v) is 5.95. The molecule has 0 unspecified atom stereocenters. The zero-order valence-electron chi connectivity index (χ0n) is 11.3. The van der Waals surface area contributed by atoms with Crippen LogP contribution in [0.3, 0.4) is 0 Å². The third-order valence-corrected chi connectivity index (χ3v) is 2.86. The highest BCUT2D eigenvalue weighted by Crippen LogP contribution is 2.14. The van der Waals surface area contributed by atoms with Gasteiger partial charge in [0, 0.05) is 5.56 Å². The molecular formula is C16H14Cl2N2O. The van der Waals surface area contributed by atoms with Crippen LogP contribution in [0.2, 0.25) is 0 Å². The van der Waals surface area contributed by atoms with Crippen LogP contribution in [0.4, 0.5) is 0 Å². The second kappa shape index (κ2) is 7.58. The smallest absolute Gasteiger partial charge is 0.120 e. The number of H-pyrrole nitrogens is 1.